The minimum absolute atomic E-state index is 0.0346. The van der Waals surface area contributed by atoms with E-state index in [-0.39, 0.29) is 26.1 Å². The molecule has 2 N–H and O–H groups in total. The molecule has 0 aliphatic carbocycles. The Labute approximate surface area is 100 Å². The van der Waals surface area contributed by atoms with Crippen molar-refractivity contribution in [3.63, 3.8) is 0 Å². The van der Waals surface area contributed by atoms with Crippen molar-refractivity contribution in [3.05, 3.63) is 0 Å². The highest BCUT2D eigenvalue weighted by Gasteiger charge is 2.25. The molecule has 3 nitrogen and oxygen atoms in total. The van der Waals surface area contributed by atoms with E-state index in [4.69, 9.17) is 4.74 Å². The molecule has 0 spiro atoms. The van der Waals surface area contributed by atoms with Gasteiger partial charge in [-0.25, -0.2) is 0 Å². The second-order valence-electron chi connectivity index (χ2n) is 4.01. The van der Waals surface area contributed by atoms with Crippen LogP contribution in [0.15, 0.2) is 0 Å². The van der Waals surface area contributed by atoms with Gasteiger partial charge in [0, 0.05) is 19.6 Å². The van der Waals surface area contributed by atoms with Crippen LogP contribution >= 0.6 is 0 Å². The van der Waals surface area contributed by atoms with Crippen molar-refractivity contribution in [2.45, 2.75) is 44.9 Å². The van der Waals surface area contributed by atoms with E-state index >= 15 is 0 Å². The van der Waals surface area contributed by atoms with Gasteiger partial charge < -0.3 is 15.2 Å². The zero-order valence-corrected chi connectivity index (χ0v) is 10.2. The summed E-state index contributed by atoms with van der Waals surface area (Å²) in [6.45, 7) is 3.41. The number of hydrogen-bond donors (Lipinski definition) is 2. The first kappa shape index (κ1) is 16.7. The molecule has 17 heavy (non-hydrogen) atoms. The van der Waals surface area contributed by atoms with Crippen molar-refractivity contribution in [3.8, 4) is 0 Å². The van der Waals surface area contributed by atoms with E-state index in [0.717, 1.165) is 12.8 Å². The summed E-state index contributed by atoms with van der Waals surface area (Å²) in [4.78, 5) is 0. The third-order valence-electron chi connectivity index (χ3n) is 2.15. The smallest absolute Gasteiger partial charge is 0.389 e. The van der Waals surface area contributed by atoms with Gasteiger partial charge in [-0.05, 0) is 19.4 Å². The first-order chi connectivity index (χ1) is 7.95. The lowest BCUT2D eigenvalue weighted by molar-refractivity contribution is -0.135. The maximum atomic E-state index is 11.8. The maximum absolute atomic E-state index is 11.8. The number of aliphatic hydroxyl groups excluding tert-OH is 1. The fourth-order valence-electron chi connectivity index (χ4n) is 1.21. The molecule has 1 unspecified atom stereocenters. The zero-order chi connectivity index (χ0) is 13.1. The summed E-state index contributed by atoms with van der Waals surface area (Å²) < 4.78 is 40.5. The summed E-state index contributed by atoms with van der Waals surface area (Å²) in [7, 11) is 0. The number of rotatable bonds is 10. The topological polar surface area (TPSA) is 41.5 Å². The summed E-state index contributed by atoms with van der Waals surface area (Å²) >= 11 is 0. The first-order valence-electron chi connectivity index (χ1n) is 5.99. The third kappa shape index (κ3) is 13.6. The van der Waals surface area contributed by atoms with E-state index in [1.807, 2.05) is 6.92 Å². The molecule has 6 heteroatoms. The molecule has 1 atom stereocenters. The standard InChI is InChI=1S/C11H22F3NO2/c1-2-3-7-17-9-10(16)8-15-6-4-5-11(12,13)14/h10,15-16H,2-9H2,1H3. The van der Waals surface area contributed by atoms with Gasteiger partial charge in [-0.1, -0.05) is 13.3 Å². The Morgan fingerprint density at radius 1 is 1.29 bits per heavy atom. The number of ether oxygens (including phenoxy) is 1. The molecule has 0 saturated carbocycles. The van der Waals surface area contributed by atoms with E-state index < -0.39 is 18.7 Å². The van der Waals surface area contributed by atoms with Gasteiger partial charge in [0.25, 0.3) is 0 Å². The molecule has 0 aliphatic heterocycles. The number of alkyl halides is 3. The van der Waals surface area contributed by atoms with Gasteiger partial charge in [-0.15, -0.1) is 0 Å². The molecule has 0 bridgehead atoms. The maximum Gasteiger partial charge on any atom is 0.389 e. The zero-order valence-electron chi connectivity index (χ0n) is 10.2. The minimum Gasteiger partial charge on any atom is -0.389 e. The summed E-state index contributed by atoms with van der Waals surface area (Å²) in [5, 5.41) is 12.2. The molecule has 0 aliphatic rings. The molecular formula is C11H22F3NO2. The van der Waals surface area contributed by atoms with Gasteiger partial charge in [0.1, 0.15) is 0 Å². The van der Waals surface area contributed by atoms with Crippen molar-refractivity contribution in [1.82, 2.24) is 5.32 Å². The highest BCUT2D eigenvalue weighted by Crippen LogP contribution is 2.20. The lowest BCUT2D eigenvalue weighted by atomic mass is 10.3. The van der Waals surface area contributed by atoms with Crippen molar-refractivity contribution in [1.29, 1.82) is 0 Å². The summed E-state index contributed by atoms with van der Waals surface area (Å²) in [5.41, 5.74) is 0. The summed E-state index contributed by atoms with van der Waals surface area (Å²) in [6, 6.07) is 0. The number of aliphatic hydroxyl groups is 1. The van der Waals surface area contributed by atoms with Crippen molar-refractivity contribution in [2.24, 2.45) is 0 Å². The van der Waals surface area contributed by atoms with E-state index in [2.05, 4.69) is 5.32 Å². The van der Waals surface area contributed by atoms with Crippen LogP contribution in [0.3, 0.4) is 0 Å². The number of nitrogens with one attached hydrogen (secondary N) is 1. The second-order valence-corrected chi connectivity index (χ2v) is 4.01. The molecular weight excluding hydrogens is 235 g/mol. The SMILES string of the molecule is CCCCOCC(O)CNCCCC(F)(F)F. The van der Waals surface area contributed by atoms with Crippen LogP contribution in [0.5, 0.6) is 0 Å². The normalized spacial score (nSPS) is 13.9. The molecule has 0 aromatic rings. The van der Waals surface area contributed by atoms with E-state index in [9.17, 15) is 18.3 Å². The fourth-order valence-corrected chi connectivity index (χ4v) is 1.21. The van der Waals surface area contributed by atoms with Crippen LogP contribution in [0.4, 0.5) is 13.2 Å². The second kappa shape index (κ2) is 9.67. The Bertz CT molecular complexity index is 177. The molecule has 0 rings (SSSR count). The van der Waals surface area contributed by atoms with E-state index in [1.165, 1.54) is 0 Å². The fraction of sp³-hybridized carbons (Fsp3) is 1.00. The van der Waals surface area contributed by atoms with Crippen LogP contribution in [0.2, 0.25) is 0 Å². The molecule has 0 heterocycles. The molecule has 0 fully saturated rings. The van der Waals surface area contributed by atoms with Gasteiger partial charge in [-0.3, -0.25) is 0 Å². The molecule has 104 valence electrons. The number of unbranched alkanes of at least 4 members (excludes halogenated alkanes) is 1. The lowest BCUT2D eigenvalue weighted by Crippen LogP contribution is -2.31. The largest absolute Gasteiger partial charge is 0.389 e. The quantitative estimate of drug-likeness (QED) is 0.589. The Morgan fingerprint density at radius 2 is 2.00 bits per heavy atom. The molecule has 0 amide bonds. The third-order valence-corrected chi connectivity index (χ3v) is 2.15. The predicted octanol–water partition coefficient (Wildman–Crippen LogP) is 2.10. The van der Waals surface area contributed by atoms with Crippen molar-refractivity contribution >= 4 is 0 Å². The lowest BCUT2D eigenvalue weighted by Gasteiger charge is -2.12. The molecule has 0 aromatic carbocycles. The number of hydrogen-bond acceptors (Lipinski definition) is 3. The van der Waals surface area contributed by atoms with Gasteiger partial charge >= 0.3 is 6.18 Å². The van der Waals surface area contributed by atoms with Crippen LogP contribution in [0, 0.1) is 0 Å². The van der Waals surface area contributed by atoms with Gasteiger partial charge in [0.15, 0.2) is 0 Å². The van der Waals surface area contributed by atoms with Crippen molar-refractivity contribution in [2.75, 3.05) is 26.3 Å². The number of halogens is 3. The van der Waals surface area contributed by atoms with Crippen LogP contribution in [0.1, 0.15) is 32.6 Å². The van der Waals surface area contributed by atoms with Crippen molar-refractivity contribution < 1.29 is 23.0 Å². The van der Waals surface area contributed by atoms with Gasteiger partial charge in [-0.2, -0.15) is 13.2 Å². The molecule has 0 aromatic heterocycles. The highest BCUT2D eigenvalue weighted by molar-refractivity contribution is 4.60. The molecule has 0 saturated heterocycles. The van der Waals surface area contributed by atoms with Crippen LogP contribution in [-0.4, -0.2) is 43.7 Å². The van der Waals surface area contributed by atoms with Crippen LogP contribution in [0.25, 0.3) is 0 Å². The predicted molar refractivity (Wildman–Crippen MR) is 59.9 cm³/mol. The Hall–Kier alpha value is -0.330. The minimum atomic E-state index is -4.09. The van der Waals surface area contributed by atoms with Crippen LogP contribution < -0.4 is 5.32 Å². The summed E-state index contributed by atoms with van der Waals surface area (Å²) in [5.74, 6) is 0. The van der Waals surface area contributed by atoms with Crippen LogP contribution in [-0.2, 0) is 4.74 Å². The molecule has 0 radical (unpaired) electrons. The van der Waals surface area contributed by atoms with E-state index in [0.29, 0.717) is 6.61 Å². The Kier molecular flexibility index (Phi) is 9.49. The Balaban J connectivity index is 3.24. The Morgan fingerprint density at radius 3 is 2.59 bits per heavy atom. The first-order valence-corrected chi connectivity index (χ1v) is 5.99. The van der Waals surface area contributed by atoms with E-state index in [1.54, 1.807) is 0 Å². The van der Waals surface area contributed by atoms with Gasteiger partial charge in [0.05, 0.1) is 12.7 Å². The average Bonchev–Trinajstić information content (AvgIpc) is 2.22. The highest BCUT2D eigenvalue weighted by atomic mass is 19.4. The van der Waals surface area contributed by atoms with Gasteiger partial charge in [0.2, 0.25) is 0 Å². The average molecular weight is 257 g/mol. The monoisotopic (exact) mass is 257 g/mol. The summed E-state index contributed by atoms with van der Waals surface area (Å²) in [6.07, 6.45) is -3.52.